The van der Waals surface area contributed by atoms with E-state index < -0.39 is 0 Å². The number of rotatable bonds is 7. The Morgan fingerprint density at radius 1 is 1.12 bits per heavy atom. The number of ether oxygens (including phenoxy) is 2. The molecule has 0 radical (unpaired) electrons. The molecule has 1 N–H and O–H groups in total. The van der Waals surface area contributed by atoms with Gasteiger partial charge in [-0.15, -0.1) is 0 Å². The van der Waals surface area contributed by atoms with Gasteiger partial charge in [0, 0.05) is 38.0 Å². The molecule has 138 valence electrons. The first-order valence-corrected chi connectivity index (χ1v) is 8.78. The van der Waals surface area contributed by atoms with E-state index in [2.05, 4.69) is 21.2 Å². The number of benzene rings is 2. The lowest BCUT2D eigenvalue weighted by atomic mass is 10.2. The lowest BCUT2D eigenvalue weighted by molar-refractivity contribution is -0.116. The van der Waals surface area contributed by atoms with Crippen molar-refractivity contribution in [2.75, 3.05) is 37.6 Å². The lowest BCUT2D eigenvalue weighted by Crippen LogP contribution is -2.22. The number of hydrogen-bond acceptors (Lipinski definition) is 4. The van der Waals surface area contributed by atoms with Crippen molar-refractivity contribution in [2.24, 2.45) is 0 Å². The molecule has 0 saturated carbocycles. The summed E-state index contributed by atoms with van der Waals surface area (Å²) in [6.07, 6.45) is 0. The first-order chi connectivity index (χ1) is 12.4. The molecule has 0 aliphatic rings. The van der Waals surface area contributed by atoms with Crippen LogP contribution in [0.15, 0.2) is 46.9 Å². The summed E-state index contributed by atoms with van der Waals surface area (Å²) in [6.45, 7) is 2.42. The van der Waals surface area contributed by atoms with Gasteiger partial charge in [-0.25, -0.2) is 0 Å². The van der Waals surface area contributed by atoms with Crippen LogP contribution in [-0.2, 0) is 9.53 Å². The fraction of sp³-hybridized carbons (Fsp3) is 0.263. The summed E-state index contributed by atoms with van der Waals surface area (Å²) in [4.78, 5) is 25.3. The van der Waals surface area contributed by atoms with E-state index in [1.54, 1.807) is 56.6 Å². The van der Waals surface area contributed by atoms with Crippen molar-refractivity contribution in [2.45, 2.75) is 6.92 Å². The molecule has 0 aliphatic heterocycles. The Morgan fingerprint density at radius 2 is 1.81 bits per heavy atom. The van der Waals surface area contributed by atoms with E-state index in [9.17, 15) is 9.59 Å². The molecule has 0 aromatic heterocycles. The van der Waals surface area contributed by atoms with Crippen LogP contribution in [0.1, 0.15) is 17.3 Å². The molecule has 0 unspecified atom stereocenters. The standard InChI is InChI=1S/C19H21BrN2O4/c1-13(23)22(2)16-7-5-15(6-8-16)21-19(24)14-4-9-18(17(20)12-14)26-11-10-25-3/h4-9,12H,10-11H2,1-3H3,(H,21,24). The van der Waals surface area contributed by atoms with Gasteiger partial charge in [0.05, 0.1) is 11.1 Å². The number of nitrogens with one attached hydrogen (secondary N) is 1. The van der Waals surface area contributed by atoms with Crippen LogP contribution in [0.5, 0.6) is 5.75 Å². The van der Waals surface area contributed by atoms with E-state index >= 15 is 0 Å². The number of hydrogen-bond donors (Lipinski definition) is 1. The Bertz CT molecular complexity index is 778. The summed E-state index contributed by atoms with van der Waals surface area (Å²) in [5, 5.41) is 2.83. The van der Waals surface area contributed by atoms with Crippen LogP contribution in [0.2, 0.25) is 0 Å². The molecule has 0 atom stereocenters. The number of amides is 2. The van der Waals surface area contributed by atoms with Crippen molar-refractivity contribution in [3.63, 3.8) is 0 Å². The Balaban J connectivity index is 2.03. The van der Waals surface area contributed by atoms with Crippen molar-refractivity contribution >= 4 is 39.1 Å². The highest BCUT2D eigenvalue weighted by Crippen LogP contribution is 2.26. The summed E-state index contributed by atoms with van der Waals surface area (Å²) in [5.74, 6) is 0.358. The molecule has 0 spiro atoms. The van der Waals surface area contributed by atoms with E-state index in [1.807, 2.05) is 0 Å². The number of halogens is 1. The van der Waals surface area contributed by atoms with Gasteiger partial charge >= 0.3 is 0 Å². The van der Waals surface area contributed by atoms with E-state index in [0.29, 0.717) is 34.7 Å². The Morgan fingerprint density at radius 3 is 2.38 bits per heavy atom. The molecular weight excluding hydrogens is 400 g/mol. The van der Waals surface area contributed by atoms with E-state index in [0.717, 1.165) is 5.69 Å². The van der Waals surface area contributed by atoms with Crippen LogP contribution >= 0.6 is 15.9 Å². The maximum Gasteiger partial charge on any atom is 0.255 e. The second-order valence-electron chi connectivity index (χ2n) is 5.57. The van der Waals surface area contributed by atoms with Gasteiger partial charge in [0.25, 0.3) is 5.91 Å². The van der Waals surface area contributed by atoms with Crippen molar-refractivity contribution in [3.8, 4) is 5.75 Å². The second kappa shape index (κ2) is 9.35. The van der Waals surface area contributed by atoms with Crippen LogP contribution in [0.3, 0.4) is 0 Å². The predicted molar refractivity (Wildman–Crippen MR) is 105 cm³/mol. The van der Waals surface area contributed by atoms with Gasteiger partial charge in [0.2, 0.25) is 5.91 Å². The maximum absolute atomic E-state index is 12.4. The first-order valence-electron chi connectivity index (χ1n) is 7.99. The molecule has 0 bridgehead atoms. The SMILES string of the molecule is COCCOc1ccc(C(=O)Nc2ccc(N(C)C(C)=O)cc2)cc1Br. The van der Waals surface area contributed by atoms with Crippen LogP contribution in [0, 0.1) is 0 Å². The molecule has 26 heavy (non-hydrogen) atoms. The first kappa shape index (κ1) is 19.9. The van der Waals surface area contributed by atoms with E-state index in [4.69, 9.17) is 9.47 Å². The molecule has 0 aliphatic carbocycles. The average Bonchev–Trinajstić information content (AvgIpc) is 2.63. The molecule has 0 heterocycles. The minimum absolute atomic E-state index is 0.0561. The highest BCUT2D eigenvalue weighted by molar-refractivity contribution is 9.10. The number of methoxy groups -OCH3 is 1. The van der Waals surface area contributed by atoms with Crippen LogP contribution < -0.4 is 15.0 Å². The van der Waals surface area contributed by atoms with Crippen LogP contribution in [0.4, 0.5) is 11.4 Å². The third-order valence-corrected chi connectivity index (χ3v) is 4.34. The Hall–Kier alpha value is -2.38. The zero-order valence-corrected chi connectivity index (χ0v) is 16.5. The minimum Gasteiger partial charge on any atom is -0.490 e. The molecule has 6 nitrogen and oxygen atoms in total. The molecule has 2 rings (SSSR count). The maximum atomic E-state index is 12.4. The van der Waals surface area contributed by atoms with Crippen molar-refractivity contribution in [1.29, 1.82) is 0 Å². The van der Waals surface area contributed by atoms with Crippen molar-refractivity contribution < 1.29 is 19.1 Å². The topological polar surface area (TPSA) is 67.9 Å². The predicted octanol–water partition coefficient (Wildman–Crippen LogP) is 3.71. The summed E-state index contributed by atoms with van der Waals surface area (Å²) in [5.41, 5.74) is 1.91. The number of carbonyl (C=O) groups is 2. The number of nitrogens with zero attached hydrogens (tertiary/aromatic N) is 1. The number of anilines is 2. The summed E-state index contributed by atoms with van der Waals surface area (Å²) >= 11 is 3.41. The normalized spacial score (nSPS) is 10.3. The largest absolute Gasteiger partial charge is 0.490 e. The van der Waals surface area contributed by atoms with Gasteiger partial charge in [0.1, 0.15) is 12.4 Å². The van der Waals surface area contributed by atoms with Gasteiger partial charge in [-0.3, -0.25) is 9.59 Å². The molecular formula is C19H21BrN2O4. The van der Waals surface area contributed by atoms with Crippen LogP contribution in [-0.4, -0.2) is 39.2 Å². The molecule has 0 fully saturated rings. The smallest absolute Gasteiger partial charge is 0.255 e. The Labute approximate surface area is 161 Å². The average molecular weight is 421 g/mol. The third-order valence-electron chi connectivity index (χ3n) is 3.72. The van der Waals surface area contributed by atoms with Gasteiger partial charge < -0.3 is 19.7 Å². The molecule has 2 amide bonds. The van der Waals surface area contributed by atoms with Crippen LogP contribution in [0.25, 0.3) is 0 Å². The highest BCUT2D eigenvalue weighted by atomic mass is 79.9. The third kappa shape index (κ3) is 5.31. The van der Waals surface area contributed by atoms with Gasteiger partial charge in [0.15, 0.2) is 0 Å². The zero-order valence-electron chi connectivity index (χ0n) is 14.9. The zero-order chi connectivity index (χ0) is 19.1. The fourth-order valence-electron chi connectivity index (χ4n) is 2.15. The monoisotopic (exact) mass is 420 g/mol. The lowest BCUT2D eigenvalue weighted by Gasteiger charge is -2.15. The highest BCUT2D eigenvalue weighted by Gasteiger charge is 2.11. The number of carbonyl (C=O) groups excluding carboxylic acids is 2. The van der Waals surface area contributed by atoms with Gasteiger partial charge in [-0.1, -0.05) is 0 Å². The molecule has 2 aromatic rings. The second-order valence-corrected chi connectivity index (χ2v) is 6.42. The summed E-state index contributed by atoms with van der Waals surface area (Å²) < 4.78 is 11.2. The van der Waals surface area contributed by atoms with Gasteiger partial charge in [-0.05, 0) is 58.4 Å². The van der Waals surface area contributed by atoms with E-state index in [-0.39, 0.29) is 11.8 Å². The fourth-order valence-corrected chi connectivity index (χ4v) is 2.64. The van der Waals surface area contributed by atoms with Crippen molar-refractivity contribution in [1.82, 2.24) is 0 Å². The summed E-state index contributed by atoms with van der Waals surface area (Å²) in [6, 6.07) is 12.2. The quantitative estimate of drug-likeness (QED) is 0.693. The Kier molecular flexibility index (Phi) is 7.17. The molecule has 2 aromatic carbocycles. The minimum atomic E-state index is -0.234. The van der Waals surface area contributed by atoms with Gasteiger partial charge in [-0.2, -0.15) is 0 Å². The molecule has 0 saturated heterocycles. The summed E-state index contributed by atoms with van der Waals surface area (Å²) in [7, 11) is 3.31. The molecule has 7 heteroatoms. The van der Waals surface area contributed by atoms with E-state index in [1.165, 1.54) is 11.8 Å². The van der Waals surface area contributed by atoms with Crippen molar-refractivity contribution in [3.05, 3.63) is 52.5 Å².